The highest BCUT2D eigenvalue weighted by Crippen LogP contribution is 2.22. The van der Waals surface area contributed by atoms with Crippen LogP contribution >= 0.6 is 0 Å². The van der Waals surface area contributed by atoms with E-state index in [1.54, 1.807) is 4.31 Å². The van der Waals surface area contributed by atoms with Gasteiger partial charge in [-0.25, -0.2) is 0 Å². The van der Waals surface area contributed by atoms with Crippen LogP contribution in [0.3, 0.4) is 0 Å². The number of hydrogen-bond acceptors (Lipinski definition) is 2. The molecule has 3 unspecified atom stereocenters. The molecule has 0 radical (unpaired) electrons. The van der Waals surface area contributed by atoms with Crippen LogP contribution < -0.4 is 4.72 Å². The SMILES string of the molecule is CCC(C)NS(=O)(=O)N1CC(C)CC(C)C1. The van der Waals surface area contributed by atoms with Crippen molar-refractivity contribution in [1.29, 1.82) is 0 Å². The molecular formula is C11H24N2O2S. The van der Waals surface area contributed by atoms with Crippen molar-refractivity contribution in [3.8, 4) is 0 Å². The zero-order valence-corrected chi connectivity index (χ0v) is 11.5. The largest absolute Gasteiger partial charge is 0.279 e. The molecule has 0 aliphatic carbocycles. The number of nitrogens with zero attached hydrogens (tertiary/aromatic N) is 1. The van der Waals surface area contributed by atoms with E-state index in [0.717, 1.165) is 12.8 Å². The molecule has 0 bridgehead atoms. The Morgan fingerprint density at radius 3 is 2.25 bits per heavy atom. The van der Waals surface area contributed by atoms with E-state index >= 15 is 0 Å². The summed E-state index contributed by atoms with van der Waals surface area (Å²) >= 11 is 0. The van der Waals surface area contributed by atoms with Gasteiger partial charge in [0.05, 0.1) is 0 Å². The maximum absolute atomic E-state index is 12.1. The van der Waals surface area contributed by atoms with Crippen LogP contribution in [0.15, 0.2) is 0 Å². The van der Waals surface area contributed by atoms with Crippen molar-refractivity contribution in [3.63, 3.8) is 0 Å². The van der Waals surface area contributed by atoms with Crippen molar-refractivity contribution in [2.24, 2.45) is 11.8 Å². The van der Waals surface area contributed by atoms with Gasteiger partial charge in [-0.2, -0.15) is 17.4 Å². The van der Waals surface area contributed by atoms with Crippen molar-refractivity contribution >= 4 is 10.2 Å². The molecule has 0 aromatic heterocycles. The van der Waals surface area contributed by atoms with Gasteiger partial charge >= 0.3 is 0 Å². The molecule has 0 aromatic rings. The molecular weight excluding hydrogens is 224 g/mol. The van der Waals surface area contributed by atoms with Crippen LogP contribution in [0.4, 0.5) is 0 Å². The first-order valence-electron chi connectivity index (χ1n) is 6.12. The third-order valence-electron chi connectivity index (χ3n) is 3.14. The number of hydrogen-bond donors (Lipinski definition) is 1. The van der Waals surface area contributed by atoms with E-state index in [4.69, 9.17) is 0 Å². The topological polar surface area (TPSA) is 49.4 Å². The van der Waals surface area contributed by atoms with E-state index < -0.39 is 10.2 Å². The summed E-state index contributed by atoms with van der Waals surface area (Å²) < 4.78 is 28.4. The Morgan fingerprint density at radius 2 is 1.81 bits per heavy atom. The van der Waals surface area contributed by atoms with Gasteiger partial charge in [0, 0.05) is 19.1 Å². The predicted octanol–water partition coefficient (Wildman–Crippen LogP) is 1.60. The molecule has 96 valence electrons. The quantitative estimate of drug-likeness (QED) is 0.821. The third kappa shape index (κ3) is 3.71. The Morgan fingerprint density at radius 1 is 1.31 bits per heavy atom. The van der Waals surface area contributed by atoms with Gasteiger partial charge in [-0.1, -0.05) is 20.8 Å². The highest BCUT2D eigenvalue weighted by Gasteiger charge is 2.30. The molecule has 1 aliphatic heterocycles. The standard InChI is InChI=1S/C11H24N2O2S/c1-5-11(4)12-16(14,15)13-7-9(2)6-10(3)8-13/h9-12H,5-8H2,1-4H3. The predicted molar refractivity (Wildman–Crippen MR) is 66.3 cm³/mol. The maximum Gasteiger partial charge on any atom is 0.279 e. The molecule has 1 N–H and O–H groups in total. The van der Waals surface area contributed by atoms with Crippen molar-refractivity contribution < 1.29 is 8.42 Å². The van der Waals surface area contributed by atoms with Crippen LogP contribution in [0.25, 0.3) is 0 Å². The molecule has 0 spiro atoms. The fourth-order valence-corrected chi connectivity index (χ4v) is 3.94. The van der Waals surface area contributed by atoms with Crippen LogP contribution in [0.2, 0.25) is 0 Å². The fourth-order valence-electron chi connectivity index (χ4n) is 2.21. The van der Waals surface area contributed by atoms with E-state index in [-0.39, 0.29) is 6.04 Å². The Balaban J connectivity index is 2.67. The number of rotatable bonds is 4. The summed E-state index contributed by atoms with van der Waals surface area (Å²) in [5.41, 5.74) is 0. The molecule has 3 atom stereocenters. The summed E-state index contributed by atoms with van der Waals surface area (Å²) in [7, 11) is -3.28. The lowest BCUT2D eigenvalue weighted by Gasteiger charge is -2.34. The van der Waals surface area contributed by atoms with Gasteiger partial charge < -0.3 is 0 Å². The van der Waals surface area contributed by atoms with Gasteiger partial charge in [-0.05, 0) is 31.6 Å². The second kappa shape index (κ2) is 5.47. The second-order valence-corrected chi connectivity index (χ2v) is 6.90. The molecule has 16 heavy (non-hydrogen) atoms. The molecule has 4 nitrogen and oxygen atoms in total. The van der Waals surface area contributed by atoms with Crippen LogP contribution in [-0.4, -0.2) is 31.9 Å². The highest BCUT2D eigenvalue weighted by molar-refractivity contribution is 7.87. The highest BCUT2D eigenvalue weighted by atomic mass is 32.2. The molecule has 1 rings (SSSR count). The first kappa shape index (κ1) is 13.9. The average Bonchev–Trinajstić information content (AvgIpc) is 2.15. The Bertz CT molecular complexity index is 306. The van der Waals surface area contributed by atoms with Gasteiger partial charge in [-0.3, -0.25) is 0 Å². The number of nitrogens with one attached hydrogen (secondary N) is 1. The summed E-state index contributed by atoms with van der Waals surface area (Å²) in [6, 6.07) is 0.0116. The van der Waals surface area contributed by atoms with Crippen LogP contribution in [0, 0.1) is 11.8 Å². The van der Waals surface area contributed by atoms with Crippen molar-refractivity contribution in [2.45, 2.75) is 46.6 Å². The molecule has 1 fully saturated rings. The zero-order chi connectivity index (χ0) is 12.3. The van der Waals surface area contributed by atoms with E-state index in [1.807, 2.05) is 13.8 Å². The first-order chi connectivity index (χ1) is 7.35. The Hall–Kier alpha value is -0.130. The molecule has 5 heteroatoms. The lowest BCUT2D eigenvalue weighted by atomic mass is 9.94. The van der Waals surface area contributed by atoms with Crippen molar-refractivity contribution in [2.75, 3.05) is 13.1 Å². The molecule has 1 aliphatic rings. The lowest BCUT2D eigenvalue weighted by molar-refractivity contribution is 0.219. The third-order valence-corrected chi connectivity index (χ3v) is 4.82. The van der Waals surface area contributed by atoms with Gasteiger partial charge in [-0.15, -0.1) is 0 Å². The monoisotopic (exact) mass is 248 g/mol. The summed E-state index contributed by atoms with van der Waals surface area (Å²) in [5, 5.41) is 0. The minimum Gasteiger partial charge on any atom is -0.199 e. The van der Waals surface area contributed by atoms with Gasteiger partial charge in [0.1, 0.15) is 0 Å². The van der Waals surface area contributed by atoms with E-state index in [1.165, 1.54) is 0 Å². The molecule has 1 heterocycles. The average molecular weight is 248 g/mol. The normalized spacial score (nSPS) is 30.2. The summed E-state index contributed by atoms with van der Waals surface area (Å²) in [4.78, 5) is 0. The maximum atomic E-state index is 12.1. The Labute approximate surface area is 99.6 Å². The second-order valence-electron chi connectivity index (χ2n) is 5.20. The zero-order valence-electron chi connectivity index (χ0n) is 10.7. The molecule has 0 saturated carbocycles. The van der Waals surface area contributed by atoms with E-state index in [0.29, 0.717) is 24.9 Å². The lowest BCUT2D eigenvalue weighted by Crippen LogP contribution is -2.49. The van der Waals surface area contributed by atoms with Gasteiger partial charge in [0.25, 0.3) is 10.2 Å². The molecule has 0 aromatic carbocycles. The van der Waals surface area contributed by atoms with E-state index in [2.05, 4.69) is 18.6 Å². The minimum atomic E-state index is -3.28. The number of piperidine rings is 1. The first-order valence-corrected chi connectivity index (χ1v) is 7.56. The smallest absolute Gasteiger partial charge is 0.199 e. The fraction of sp³-hybridized carbons (Fsp3) is 1.00. The van der Waals surface area contributed by atoms with Crippen LogP contribution in [0.1, 0.15) is 40.5 Å². The van der Waals surface area contributed by atoms with Crippen molar-refractivity contribution in [3.05, 3.63) is 0 Å². The van der Waals surface area contributed by atoms with Gasteiger partial charge in [0.2, 0.25) is 0 Å². The summed E-state index contributed by atoms with van der Waals surface area (Å²) in [5.74, 6) is 0.912. The molecule has 0 amide bonds. The summed E-state index contributed by atoms with van der Waals surface area (Å²) in [6.07, 6.45) is 1.94. The molecule has 1 saturated heterocycles. The van der Waals surface area contributed by atoms with E-state index in [9.17, 15) is 8.42 Å². The minimum absolute atomic E-state index is 0.0116. The summed E-state index contributed by atoms with van der Waals surface area (Å²) in [6.45, 7) is 9.40. The van der Waals surface area contributed by atoms with Crippen LogP contribution in [0.5, 0.6) is 0 Å². The Kier molecular flexibility index (Phi) is 4.76. The van der Waals surface area contributed by atoms with Crippen molar-refractivity contribution in [1.82, 2.24) is 9.03 Å². The van der Waals surface area contributed by atoms with Gasteiger partial charge in [0.15, 0.2) is 0 Å². The van der Waals surface area contributed by atoms with Crippen LogP contribution in [-0.2, 0) is 10.2 Å².